The molecule has 8 heteroatoms. The molecule has 0 spiro atoms. The molecular formula is C13H26N4O2S2. The Labute approximate surface area is 131 Å². The Kier molecular flexibility index (Phi) is 7.72. The molecule has 0 aliphatic heterocycles. The van der Waals surface area contributed by atoms with Crippen molar-refractivity contribution in [3.63, 3.8) is 0 Å². The standard InChI is InChI=1S/C13H26N4O2S2/c1-5-6-14-8-12-13(11(3)16-17-12)21(18,19)15-7-10(2)9-20-4/h10,14-15H,5-9H2,1-4H3,(H,16,17). The second kappa shape index (κ2) is 8.77. The van der Waals surface area contributed by atoms with E-state index in [-0.39, 0.29) is 4.90 Å². The predicted octanol–water partition coefficient (Wildman–Crippen LogP) is 1.50. The quantitative estimate of drug-likeness (QED) is 0.564. The molecule has 0 aliphatic carbocycles. The number of H-pyrrole nitrogens is 1. The SMILES string of the molecule is CCCNCc1n[nH]c(C)c1S(=O)(=O)NCC(C)CSC. The maximum Gasteiger partial charge on any atom is 0.244 e. The van der Waals surface area contributed by atoms with Crippen LogP contribution in [0.25, 0.3) is 0 Å². The molecule has 1 unspecified atom stereocenters. The van der Waals surface area contributed by atoms with E-state index in [4.69, 9.17) is 0 Å². The van der Waals surface area contributed by atoms with Crippen molar-refractivity contribution in [2.24, 2.45) is 5.92 Å². The van der Waals surface area contributed by atoms with Crippen molar-refractivity contribution >= 4 is 21.8 Å². The fourth-order valence-corrected chi connectivity index (χ4v) is 4.21. The minimum Gasteiger partial charge on any atom is -0.311 e. The van der Waals surface area contributed by atoms with Gasteiger partial charge in [0.05, 0.1) is 11.4 Å². The van der Waals surface area contributed by atoms with Gasteiger partial charge in [0.25, 0.3) is 0 Å². The van der Waals surface area contributed by atoms with E-state index in [1.54, 1.807) is 18.7 Å². The lowest BCUT2D eigenvalue weighted by molar-refractivity contribution is 0.559. The summed E-state index contributed by atoms with van der Waals surface area (Å²) in [6, 6.07) is 0. The highest BCUT2D eigenvalue weighted by molar-refractivity contribution is 7.98. The minimum atomic E-state index is -3.52. The summed E-state index contributed by atoms with van der Waals surface area (Å²) in [6.45, 7) is 7.56. The number of aromatic amines is 1. The highest BCUT2D eigenvalue weighted by atomic mass is 32.2. The lowest BCUT2D eigenvalue weighted by atomic mass is 10.2. The normalized spacial score (nSPS) is 13.5. The monoisotopic (exact) mass is 334 g/mol. The molecule has 0 fully saturated rings. The molecule has 1 rings (SSSR count). The number of nitrogens with one attached hydrogen (secondary N) is 3. The lowest BCUT2D eigenvalue weighted by Gasteiger charge is -2.12. The number of thioether (sulfide) groups is 1. The fraction of sp³-hybridized carbons (Fsp3) is 0.769. The molecule has 21 heavy (non-hydrogen) atoms. The van der Waals surface area contributed by atoms with Crippen LogP contribution in [0.1, 0.15) is 31.7 Å². The topological polar surface area (TPSA) is 86.9 Å². The van der Waals surface area contributed by atoms with Gasteiger partial charge in [-0.3, -0.25) is 5.10 Å². The summed E-state index contributed by atoms with van der Waals surface area (Å²) in [4.78, 5) is 0.280. The van der Waals surface area contributed by atoms with E-state index < -0.39 is 10.0 Å². The van der Waals surface area contributed by atoms with Crippen molar-refractivity contribution in [3.8, 4) is 0 Å². The second-order valence-electron chi connectivity index (χ2n) is 5.21. The van der Waals surface area contributed by atoms with Gasteiger partial charge in [-0.25, -0.2) is 13.1 Å². The third-order valence-corrected chi connectivity index (χ3v) is 5.55. The first kappa shape index (κ1) is 18.5. The summed E-state index contributed by atoms with van der Waals surface area (Å²) in [5.74, 6) is 1.22. The first-order valence-electron chi connectivity index (χ1n) is 7.15. The van der Waals surface area contributed by atoms with Gasteiger partial charge in [0, 0.05) is 13.1 Å². The summed E-state index contributed by atoms with van der Waals surface area (Å²) in [5.41, 5.74) is 1.12. The first-order chi connectivity index (χ1) is 9.92. The third-order valence-electron chi connectivity index (χ3n) is 3.02. The van der Waals surface area contributed by atoms with Crippen molar-refractivity contribution < 1.29 is 8.42 Å². The van der Waals surface area contributed by atoms with E-state index in [1.165, 1.54) is 0 Å². The van der Waals surface area contributed by atoms with Gasteiger partial charge >= 0.3 is 0 Å². The Morgan fingerprint density at radius 3 is 2.76 bits per heavy atom. The van der Waals surface area contributed by atoms with Crippen LogP contribution < -0.4 is 10.0 Å². The lowest BCUT2D eigenvalue weighted by Crippen LogP contribution is -2.30. The van der Waals surface area contributed by atoms with Gasteiger partial charge in [-0.15, -0.1) is 0 Å². The third kappa shape index (κ3) is 5.61. The van der Waals surface area contributed by atoms with Crippen LogP contribution >= 0.6 is 11.8 Å². The number of rotatable bonds is 10. The van der Waals surface area contributed by atoms with Gasteiger partial charge in [-0.2, -0.15) is 16.9 Å². The molecule has 0 radical (unpaired) electrons. The van der Waals surface area contributed by atoms with E-state index in [0.717, 1.165) is 18.7 Å². The van der Waals surface area contributed by atoms with Crippen LogP contribution in [0.2, 0.25) is 0 Å². The molecule has 0 saturated heterocycles. The van der Waals surface area contributed by atoms with E-state index in [9.17, 15) is 8.42 Å². The Balaban J connectivity index is 2.79. The van der Waals surface area contributed by atoms with Crippen LogP contribution in [0.4, 0.5) is 0 Å². The van der Waals surface area contributed by atoms with Gasteiger partial charge < -0.3 is 5.32 Å². The van der Waals surface area contributed by atoms with Crippen LogP contribution in [0, 0.1) is 12.8 Å². The highest BCUT2D eigenvalue weighted by Crippen LogP contribution is 2.17. The van der Waals surface area contributed by atoms with Crippen molar-refractivity contribution in [3.05, 3.63) is 11.4 Å². The Bertz CT molecular complexity index is 528. The first-order valence-corrected chi connectivity index (χ1v) is 10.0. The van der Waals surface area contributed by atoms with E-state index in [0.29, 0.717) is 30.4 Å². The Hall–Kier alpha value is -0.570. The molecule has 0 saturated carbocycles. The van der Waals surface area contributed by atoms with E-state index in [2.05, 4.69) is 27.2 Å². The number of aromatic nitrogens is 2. The van der Waals surface area contributed by atoms with Gasteiger partial charge in [-0.05, 0) is 37.8 Å². The largest absolute Gasteiger partial charge is 0.311 e. The number of hydrogen-bond acceptors (Lipinski definition) is 5. The molecule has 0 amide bonds. The van der Waals surface area contributed by atoms with Crippen LogP contribution in [0.15, 0.2) is 4.90 Å². The van der Waals surface area contributed by atoms with Crippen LogP contribution in [-0.2, 0) is 16.6 Å². The molecule has 3 N–H and O–H groups in total. The summed E-state index contributed by atoms with van der Waals surface area (Å²) in [5, 5.41) is 10.1. The van der Waals surface area contributed by atoms with Crippen molar-refractivity contribution in [2.75, 3.05) is 25.1 Å². The zero-order chi connectivity index (χ0) is 15.9. The van der Waals surface area contributed by atoms with Crippen LogP contribution in [-0.4, -0.2) is 43.7 Å². The summed E-state index contributed by atoms with van der Waals surface area (Å²) >= 11 is 1.71. The maximum absolute atomic E-state index is 12.5. The smallest absolute Gasteiger partial charge is 0.244 e. The Morgan fingerprint density at radius 2 is 2.14 bits per heavy atom. The molecule has 1 aromatic heterocycles. The van der Waals surface area contributed by atoms with Crippen LogP contribution in [0.5, 0.6) is 0 Å². The number of hydrogen-bond donors (Lipinski definition) is 3. The Morgan fingerprint density at radius 1 is 1.43 bits per heavy atom. The predicted molar refractivity (Wildman–Crippen MR) is 88.1 cm³/mol. The fourth-order valence-electron chi connectivity index (χ4n) is 2.00. The average molecular weight is 335 g/mol. The molecular weight excluding hydrogens is 308 g/mol. The van der Waals surface area contributed by atoms with Crippen molar-refractivity contribution in [1.29, 1.82) is 0 Å². The van der Waals surface area contributed by atoms with Crippen molar-refractivity contribution in [2.45, 2.75) is 38.6 Å². The molecule has 0 aromatic carbocycles. The zero-order valence-corrected chi connectivity index (χ0v) is 14.8. The highest BCUT2D eigenvalue weighted by Gasteiger charge is 2.24. The summed E-state index contributed by atoms with van der Waals surface area (Å²) in [6.07, 6.45) is 3.01. The van der Waals surface area contributed by atoms with Gasteiger partial charge in [-0.1, -0.05) is 13.8 Å². The van der Waals surface area contributed by atoms with Gasteiger partial charge in [0.1, 0.15) is 4.90 Å². The number of nitrogens with zero attached hydrogens (tertiary/aromatic N) is 1. The molecule has 1 heterocycles. The second-order valence-corrected chi connectivity index (χ2v) is 7.83. The zero-order valence-electron chi connectivity index (χ0n) is 13.2. The number of aryl methyl sites for hydroxylation is 1. The maximum atomic E-state index is 12.5. The van der Waals surface area contributed by atoms with Gasteiger partial charge in [0.2, 0.25) is 10.0 Å². The molecule has 1 atom stereocenters. The average Bonchev–Trinajstić information content (AvgIpc) is 2.79. The van der Waals surface area contributed by atoms with E-state index in [1.807, 2.05) is 13.2 Å². The summed E-state index contributed by atoms with van der Waals surface area (Å²) in [7, 11) is -3.52. The summed E-state index contributed by atoms with van der Waals surface area (Å²) < 4.78 is 27.6. The van der Waals surface area contributed by atoms with Crippen LogP contribution in [0.3, 0.4) is 0 Å². The number of sulfonamides is 1. The van der Waals surface area contributed by atoms with Gasteiger partial charge in [0.15, 0.2) is 0 Å². The molecule has 0 bridgehead atoms. The van der Waals surface area contributed by atoms with E-state index >= 15 is 0 Å². The van der Waals surface area contributed by atoms with Crippen molar-refractivity contribution in [1.82, 2.24) is 20.2 Å². The molecule has 122 valence electrons. The molecule has 6 nitrogen and oxygen atoms in total. The molecule has 1 aromatic rings. The molecule has 0 aliphatic rings. The minimum absolute atomic E-state index is 0.280.